The Kier molecular flexibility index (Phi) is 3.75. The quantitative estimate of drug-likeness (QED) is 0.620. The van der Waals surface area contributed by atoms with E-state index in [1.807, 2.05) is 6.07 Å². The summed E-state index contributed by atoms with van der Waals surface area (Å²) in [6.45, 7) is 5.40. The lowest BCUT2D eigenvalue weighted by molar-refractivity contribution is -0.169. The summed E-state index contributed by atoms with van der Waals surface area (Å²) < 4.78 is 25.9. The van der Waals surface area contributed by atoms with Crippen LogP contribution in [0.25, 0.3) is 0 Å². The third-order valence-corrected chi connectivity index (χ3v) is 5.85. The first-order valence-electron chi connectivity index (χ1n) is 8.83. The van der Waals surface area contributed by atoms with Gasteiger partial charge in [0.05, 0.1) is 12.2 Å². The SMILES string of the molecule is C=C(C)C(=O)OC1(C2CC3CCC2O3)CCCc2cc(F)ccc21. The maximum Gasteiger partial charge on any atom is 0.334 e. The third kappa shape index (κ3) is 2.39. The van der Waals surface area contributed by atoms with Crippen LogP contribution in [0.1, 0.15) is 50.2 Å². The zero-order chi connectivity index (χ0) is 16.9. The van der Waals surface area contributed by atoms with Gasteiger partial charge in [-0.15, -0.1) is 0 Å². The molecule has 4 rings (SSSR count). The highest BCUT2D eigenvalue weighted by atomic mass is 19.1. The van der Waals surface area contributed by atoms with Gasteiger partial charge < -0.3 is 9.47 Å². The van der Waals surface area contributed by atoms with Gasteiger partial charge in [-0.05, 0) is 68.7 Å². The minimum absolute atomic E-state index is 0.129. The van der Waals surface area contributed by atoms with Gasteiger partial charge in [0.25, 0.3) is 0 Å². The Labute approximate surface area is 141 Å². The van der Waals surface area contributed by atoms with E-state index in [0.717, 1.165) is 49.7 Å². The molecule has 0 spiro atoms. The molecule has 2 heterocycles. The molecule has 0 amide bonds. The van der Waals surface area contributed by atoms with Crippen LogP contribution in [0.2, 0.25) is 0 Å². The standard InChI is InChI=1S/C20H23FO3/c1-12(2)19(22)24-20(17-11-15-6-8-18(17)23-15)9-3-4-13-10-14(21)5-7-16(13)20/h5,7,10,15,17-18H,1,3-4,6,8-9,11H2,2H3. The second-order valence-corrected chi connectivity index (χ2v) is 7.43. The Balaban J connectivity index is 1.80. The number of carbonyl (C=O) groups excluding carboxylic acids is 1. The minimum Gasteiger partial charge on any atom is -0.450 e. The van der Waals surface area contributed by atoms with E-state index in [1.54, 1.807) is 13.0 Å². The van der Waals surface area contributed by atoms with Gasteiger partial charge in [0, 0.05) is 11.5 Å². The second-order valence-electron chi connectivity index (χ2n) is 7.43. The molecule has 4 atom stereocenters. The summed E-state index contributed by atoms with van der Waals surface area (Å²) in [4.78, 5) is 12.4. The Morgan fingerprint density at radius 1 is 1.42 bits per heavy atom. The smallest absolute Gasteiger partial charge is 0.334 e. The summed E-state index contributed by atoms with van der Waals surface area (Å²) in [6, 6.07) is 4.87. The van der Waals surface area contributed by atoms with Gasteiger partial charge in [0.2, 0.25) is 0 Å². The summed E-state index contributed by atoms with van der Waals surface area (Å²) in [5.41, 5.74) is 1.61. The number of halogens is 1. The lowest BCUT2D eigenvalue weighted by Crippen LogP contribution is -2.46. The summed E-state index contributed by atoms with van der Waals surface area (Å²) in [6.07, 6.45) is 5.87. The van der Waals surface area contributed by atoms with Crippen molar-refractivity contribution in [2.75, 3.05) is 0 Å². The molecule has 128 valence electrons. The number of aryl methyl sites for hydroxylation is 1. The number of hydrogen-bond acceptors (Lipinski definition) is 3. The average Bonchev–Trinajstić information content (AvgIpc) is 3.17. The first-order valence-corrected chi connectivity index (χ1v) is 8.83. The second kappa shape index (κ2) is 5.69. The molecule has 1 aromatic rings. The maximum absolute atomic E-state index is 13.7. The van der Waals surface area contributed by atoms with Crippen LogP contribution >= 0.6 is 0 Å². The average molecular weight is 330 g/mol. The van der Waals surface area contributed by atoms with Gasteiger partial charge in [-0.1, -0.05) is 12.6 Å². The van der Waals surface area contributed by atoms with Crippen LogP contribution in [0.4, 0.5) is 4.39 Å². The van der Waals surface area contributed by atoms with Gasteiger partial charge in [-0.25, -0.2) is 9.18 Å². The molecule has 2 bridgehead atoms. The number of hydrogen-bond donors (Lipinski definition) is 0. The number of esters is 1. The molecular formula is C20H23FO3. The number of fused-ring (bicyclic) bond motifs is 3. The molecule has 0 N–H and O–H groups in total. The van der Waals surface area contributed by atoms with E-state index in [4.69, 9.17) is 9.47 Å². The van der Waals surface area contributed by atoms with Crippen LogP contribution in [0.3, 0.4) is 0 Å². The summed E-state index contributed by atoms with van der Waals surface area (Å²) >= 11 is 0. The fourth-order valence-electron chi connectivity index (χ4n) is 4.81. The van der Waals surface area contributed by atoms with E-state index in [0.29, 0.717) is 5.57 Å². The Hall–Kier alpha value is -1.68. The molecule has 0 radical (unpaired) electrons. The number of rotatable bonds is 3. The van der Waals surface area contributed by atoms with E-state index < -0.39 is 5.60 Å². The fraction of sp³-hybridized carbons (Fsp3) is 0.550. The van der Waals surface area contributed by atoms with E-state index >= 15 is 0 Å². The van der Waals surface area contributed by atoms with Crippen molar-refractivity contribution in [2.24, 2.45) is 5.92 Å². The van der Waals surface area contributed by atoms with Crippen molar-refractivity contribution >= 4 is 5.97 Å². The monoisotopic (exact) mass is 330 g/mol. The van der Waals surface area contributed by atoms with Crippen LogP contribution in [0, 0.1) is 11.7 Å². The Morgan fingerprint density at radius 3 is 2.92 bits per heavy atom. The van der Waals surface area contributed by atoms with E-state index in [2.05, 4.69) is 6.58 Å². The number of benzene rings is 1. The molecule has 0 saturated carbocycles. The largest absolute Gasteiger partial charge is 0.450 e. The molecule has 0 aromatic heterocycles. The maximum atomic E-state index is 13.7. The van der Waals surface area contributed by atoms with Crippen LogP contribution in [-0.2, 0) is 26.3 Å². The molecule has 1 aliphatic carbocycles. The van der Waals surface area contributed by atoms with Gasteiger partial charge in [0.15, 0.2) is 0 Å². The zero-order valence-corrected chi connectivity index (χ0v) is 14.0. The highest BCUT2D eigenvalue weighted by Gasteiger charge is 2.56. The Morgan fingerprint density at radius 2 is 2.25 bits per heavy atom. The lowest BCUT2D eigenvalue weighted by Gasteiger charge is -2.45. The molecule has 24 heavy (non-hydrogen) atoms. The molecule has 4 unspecified atom stereocenters. The summed E-state index contributed by atoms with van der Waals surface area (Å²) in [5.74, 6) is -0.459. The normalized spacial score (nSPS) is 34.0. The van der Waals surface area contributed by atoms with E-state index in [-0.39, 0.29) is 29.9 Å². The van der Waals surface area contributed by atoms with E-state index in [1.165, 1.54) is 6.07 Å². The Bertz CT molecular complexity index is 698. The minimum atomic E-state index is -0.711. The summed E-state index contributed by atoms with van der Waals surface area (Å²) in [7, 11) is 0. The summed E-state index contributed by atoms with van der Waals surface area (Å²) in [5, 5.41) is 0. The fourth-order valence-corrected chi connectivity index (χ4v) is 4.81. The molecule has 2 saturated heterocycles. The van der Waals surface area contributed by atoms with Gasteiger partial charge >= 0.3 is 5.97 Å². The van der Waals surface area contributed by atoms with Crippen molar-refractivity contribution in [3.63, 3.8) is 0 Å². The van der Waals surface area contributed by atoms with Crippen LogP contribution in [0.5, 0.6) is 0 Å². The molecule has 2 fully saturated rings. The first-order chi connectivity index (χ1) is 11.5. The molecule has 3 nitrogen and oxygen atoms in total. The predicted octanol–water partition coefficient (Wildman–Crippen LogP) is 4.04. The molecule has 4 heteroatoms. The molecular weight excluding hydrogens is 307 g/mol. The van der Waals surface area contributed by atoms with Crippen molar-refractivity contribution in [3.05, 3.63) is 47.3 Å². The lowest BCUT2D eigenvalue weighted by atomic mass is 9.67. The van der Waals surface area contributed by atoms with Crippen molar-refractivity contribution < 1.29 is 18.7 Å². The zero-order valence-electron chi connectivity index (χ0n) is 14.0. The van der Waals surface area contributed by atoms with E-state index in [9.17, 15) is 9.18 Å². The van der Waals surface area contributed by atoms with Crippen molar-refractivity contribution in [1.29, 1.82) is 0 Å². The van der Waals surface area contributed by atoms with Crippen LogP contribution in [-0.4, -0.2) is 18.2 Å². The number of ether oxygens (including phenoxy) is 2. The topological polar surface area (TPSA) is 35.5 Å². The molecule has 2 aliphatic heterocycles. The predicted molar refractivity (Wildman–Crippen MR) is 87.9 cm³/mol. The van der Waals surface area contributed by atoms with Crippen molar-refractivity contribution in [1.82, 2.24) is 0 Å². The first kappa shape index (κ1) is 15.8. The third-order valence-electron chi connectivity index (χ3n) is 5.85. The molecule has 3 aliphatic rings. The van der Waals surface area contributed by atoms with Crippen molar-refractivity contribution in [2.45, 2.75) is 63.3 Å². The van der Waals surface area contributed by atoms with Crippen molar-refractivity contribution in [3.8, 4) is 0 Å². The van der Waals surface area contributed by atoms with Gasteiger partial charge in [0.1, 0.15) is 11.4 Å². The molecule has 1 aromatic carbocycles. The highest BCUT2D eigenvalue weighted by molar-refractivity contribution is 5.87. The highest BCUT2D eigenvalue weighted by Crippen LogP contribution is 2.54. The van der Waals surface area contributed by atoms with Gasteiger partial charge in [-0.3, -0.25) is 0 Å². The van der Waals surface area contributed by atoms with Gasteiger partial charge in [-0.2, -0.15) is 0 Å². The number of carbonyl (C=O) groups is 1. The van der Waals surface area contributed by atoms with Crippen LogP contribution < -0.4 is 0 Å². The van der Waals surface area contributed by atoms with Crippen LogP contribution in [0.15, 0.2) is 30.4 Å².